The highest BCUT2D eigenvalue weighted by molar-refractivity contribution is 7.10. The molecule has 2 aromatic rings. The molecule has 2 heterocycles. The van der Waals surface area contributed by atoms with E-state index in [9.17, 15) is 14.4 Å². The van der Waals surface area contributed by atoms with Gasteiger partial charge in [0.05, 0.1) is 11.7 Å². The Kier molecular flexibility index (Phi) is 5.07. The van der Waals surface area contributed by atoms with Crippen molar-refractivity contribution in [3.63, 3.8) is 0 Å². The molecule has 1 atom stereocenters. The molecule has 1 N–H and O–H groups in total. The Balaban J connectivity index is 1.56. The largest absolute Gasteiger partial charge is 0.344 e. The lowest BCUT2D eigenvalue weighted by Gasteiger charge is -2.24. The SMILES string of the molecule is O=C(N[C@H](c1cccs1)C1CCCC1)c1cccc(N2C(=O)CCC2=O)c1. The smallest absolute Gasteiger partial charge is 0.251 e. The molecule has 2 aliphatic rings. The lowest BCUT2D eigenvalue weighted by Crippen LogP contribution is -2.33. The number of nitrogens with one attached hydrogen (secondary N) is 1. The van der Waals surface area contributed by atoms with E-state index < -0.39 is 0 Å². The second-order valence-electron chi connectivity index (χ2n) is 7.18. The number of imide groups is 1. The molecule has 0 bridgehead atoms. The average molecular weight is 382 g/mol. The van der Waals surface area contributed by atoms with Gasteiger partial charge in [0.1, 0.15) is 0 Å². The van der Waals surface area contributed by atoms with Crippen molar-refractivity contribution in [2.75, 3.05) is 4.90 Å². The van der Waals surface area contributed by atoms with E-state index in [0.717, 1.165) is 12.8 Å². The Hall–Kier alpha value is -2.47. The van der Waals surface area contributed by atoms with E-state index in [1.54, 1.807) is 35.6 Å². The Morgan fingerprint density at radius 3 is 2.48 bits per heavy atom. The van der Waals surface area contributed by atoms with Gasteiger partial charge in [-0.3, -0.25) is 19.3 Å². The number of carbonyl (C=O) groups is 3. The summed E-state index contributed by atoms with van der Waals surface area (Å²) in [6.45, 7) is 0. The second-order valence-corrected chi connectivity index (χ2v) is 8.16. The summed E-state index contributed by atoms with van der Waals surface area (Å²) in [4.78, 5) is 39.3. The summed E-state index contributed by atoms with van der Waals surface area (Å²) in [6, 6.07) is 10.9. The van der Waals surface area contributed by atoms with Crippen LogP contribution in [0, 0.1) is 5.92 Å². The fourth-order valence-electron chi connectivity index (χ4n) is 4.06. The zero-order valence-electron chi connectivity index (χ0n) is 15.0. The van der Waals surface area contributed by atoms with Crippen LogP contribution < -0.4 is 10.2 Å². The normalized spacial score (nSPS) is 18.9. The minimum Gasteiger partial charge on any atom is -0.344 e. The first kappa shape index (κ1) is 17.9. The van der Waals surface area contributed by atoms with Crippen LogP contribution in [0.1, 0.15) is 59.8 Å². The average Bonchev–Trinajstić information content (AvgIpc) is 3.43. The number of benzene rings is 1. The van der Waals surface area contributed by atoms with Crippen LogP contribution in [0.2, 0.25) is 0 Å². The van der Waals surface area contributed by atoms with Crippen molar-refractivity contribution in [2.24, 2.45) is 5.92 Å². The van der Waals surface area contributed by atoms with Crippen LogP contribution in [-0.4, -0.2) is 17.7 Å². The summed E-state index contributed by atoms with van der Waals surface area (Å²) in [5.74, 6) is -0.126. The van der Waals surface area contributed by atoms with Crippen molar-refractivity contribution in [1.29, 1.82) is 0 Å². The van der Waals surface area contributed by atoms with Gasteiger partial charge in [-0.05, 0) is 48.4 Å². The van der Waals surface area contributed by atoms with Crippen LogP contribution in [0.5, 0.6) is 0 Å². The molecule has 3 amide bonds. The Morgan fingerprint density at radius 2 is 1.81 bits per heavy atom. The van der Waals surface area contributed by atoms with Crippen molar-refractivity contribution < 1.29 is 14.4 Å². The third-order valence-corrected chi connectivity index (χ3v) is 6.38. The molecular weight excluding hydrogens is 360 g/mol. The molecule has 27 heavy (non-hydrogen) atoms. The lowest BCUT2D eigenvalue weighted by atomic mass is 9.96. The third-order valence-electron chi connectivity index (χ3n) is 5.43. The maximum atomic E-state index is 12.9. The minimum atomic E-state index is -0.208. The molecule has 0 unspecified atom stereocenters. The number of hydrogen-bond donors (Lipinski definition) is 1. The van der Waals surface area contributed by atoms with Gasteiger partial charge in [-0.2, -0.15) is 0 Å². The van der Waals surface area contributed by atoms with Gasteiger partial charge in [0, 0.05) is 23.3 Å². The molecule has 1 aromatic heterocycles. The first-order chi connectivity index (χ1) is 13.1. The molecule has 4 rings (SSSR count). The summed E-state index contributed by atoms with van der Waals surface area (Å²) in [6.07, 6.45) is 5.13. The number of thiophene rings is 1. The molecule has 1 saturated carbocycles. The molecule has 1 saturated heterocycles. The number of amides is 3. The van der Waals surface area contributed by atoms with Crippen LogP contribution in [0.25, 0.3) is 0 Å². The van der Waals surface area contributed by atoms with Crippen molar-refractivity contribution >= 4 is 34.7 Å². The molecule has 1 aliphatic carbocycles. The van der Waals surface area contributed by atoms with E-state index in [2.05, 4.69) is 11.4 Å². The molecule has 140 valence electrons. The zero-order chi connectivity index (χ0) is 18.8. The third kappa shape index (κ3) is 3.67. The summed E-state index contributed by atoms with van der Waals surface area (Å²) in [7, 11) is 0. The Labute approximate surface area is 162 Å². The molecule has 1 aromatic carbocycles. The van der Waals surface area contributed by atoms with Gasteiger partial charge in [-0.25, -0.2) is 0 Å². The van der Waals surface area contributed by atoms with Crippen molar-refractivity contribution in [2.45, 2.75) is 44.6 Å². The van der Waals surface area contributed by atoms with Crippen LogP contribution in [0.3, 0.4) is 0 Å². The van der Waals surface area contributed by atoms with Gasteiger partial charge in [0.15, 0.2) is 0 Å². The van der Waals surface area contributed by atoms with E-state index in [0.29, 0.717) is 17.2 Å². The van der Waals surface area contributed by atoms with Crippen LogP contribution in [-0.2, 0) is 9.59 Å². The number of carbonyl (C=O) groups excluding carboxylic acids is 3. The molecule has 0 spiro atoms. The van der Waals surface area contributed by atoms with Gasteiger partial charge in [0.25, 0.3) is 5.91 Å². The van der Waals surface area contributed by atoms with Gasteiger partial charge in [-0.1, -0.05) is 25.0 Å². The van der Waals surface area contributed by atoms with Crippen molar-refractivity contribution in [3.05, 3.63) is 52.2 Å². The van der Waals surface area contributed by atoms with Crippen LogP contribution in [0.4, 0.5) is 5.69 Å². The molecule has 1 aliphatic heterocycles. The molecule has 2 fully saturated rings. The summed E-state index contributed by atoms with van der Waals surface area (Å²) in [5, 5.41) is 5.24. The minimum absolute atomic E-state index is 0.0127. The number of hydrogen-bond acceptors (Lipinski definition) is 4. The lowest BCUT2D eigenvalue weighted by molar-refractivity contribution is -0.121. The van der Waals surface area contributed by atoms with E-state index in [-0.39, 0.29) is 36.6 Å². The van der Waals surface area contributed by atoms with E-state index >= 15 is 0 Å². The van der Waals surface area contributed by atoms with Crippen LogP contribution in [0.15, 0.2) is 41.8 Å². The maximum Gasteiger partial charge on any atom is 0.251 e. The van der Waals surface area contributed by atoms with Crippen LogP contribution >= 0.6 is 11.3 Å². The topological polar surface area (TPSA) is 66.5 Å². The standard InChI is InChI=1S/C21H22N2O3S/c24-18-10-11-19(25)23(18)16-8-3-7-15(13-16)21(26)22-20(14-5-1-2-6-14)17-9-4-12-27-17/h3-4,7-9,12-14,20H,1-2,5-6,10-11H2,(H,22,26)/t20-/m0/s1. The van der Waals surface area contributed by atoms with Crippen molar-refractivity contribution in [3.8, 4) is 0 Å². The van der Waals surface area contributed by atoms with Gasteiger partial charge in [-0.15, -0.1) is 11.3 Å². The van der Waals surface area contributed by atoms with Crippen molar-refractivity contribution in [1.82, 2.24) is 5.32 Å². The quantitative estimate of drug-likeness (QED) is 0.793. The predicted molar refractivity (Wildman–Crippen MR) is 105 cm³/mol. The van der Waals surface area contributed by atoms with Gasteiger partial charge >= 0.3 is 0 Å². The maximum absolute atomic E-state index is 12.9. The Morgan fingerprint density at radius 1 is 1.07 bits per heavy atom. The summed E-state index contributed by atoms with van der Waals surface area (Å²) < 4.78 is 0. The van der Waals surface area contributed by atoms with E-state index in [1.807, 2.05) is 11.4 Å². The summed E-state index contributed by atoms with van der Waals surface area (Å²) in [5.41, 5.74) is 0.947. The number of anilines is 1. The monoisotopic (exact) mass is 382 g/mol. The second kappa shape index (κ2) is 7.64. The van der Waals surface area contributed by atoms with Gasteiger partial charge in [0.2, 0.25) is 11.8 Å². The summed E-state index contributed by atoms with van der Waals surface area (Å²) >= 11 is 1.67. The highest BCUT2D eigenvalue weighted by atomic mass is 32.1. The van der Waals surface area contributed by atoms with E-state index in [1.165, 1.54) is 22.6 Å². The predicted octanol–water partition coefficient (Wildman–Crippen LogP) is 4.06. The van der Waals surface area contributed by atoms with E-state index in [4.69, 9.17) is 0 Å². The highest BCUT2D eigenvalue weighted by Crippen LogP contribution is 2.37. The first-order valence-electron chi connectivity index (χ1n) is 9.43. The zero-order valence-corrected chi connectivity index (χ0v) is 15.8. The number of nitrogens with zero attached hydrogens (tertiary/aromatic N) is 1. The number of rotatable bonds is 5. The molecule has 6 heteroatoms. The highest BCUT2D eigenvalue weighted by Gasteiger charge is 2.31. The fraction of sp³-hybridized carbons (Fsp3) is 0.381. The molecular formula is C21H22N2O3S. The van der Waals surface area contributed by atoms with Gasteiger partial charge < -0.3 is 5.32 Å². The molecule has 5 nitrogen and oxygen atoms in total. The molecule has 0 radical (unpaired) electrons. The first-order valence-corrected chi connectivity index (χ1v) is 10.3. The Bertz CT molecular complexity index is 840. The fourth-order valence-corrected chi connectivity index (χ4v) is 4.92.